The average Bonchev–Trinajstić information content (AvgIpc) is 2.71. The minimum Gasteiger partial charge on any atom is -0.481 e. The second-order valence-electron chi connectivity index (χ2n) is 9.11. The van der Waals surface area contributed by atoms with Crippen LogP contribution in [0.25, 0.3) is 0 Å². The molecule has 0 aromatic carbocycles. The Labute approximate surface area is 205 Å². The zero-order chi connectivity index (χ0) is 26.2. The number of carboxylic acid groups (broad SMARTS) is 2. The molecule has 0 rings (SSSR count). The highest BCUT2D eigenvalue weighted by Crippen LogP contribution is 2.10. The van der Waals surface area contributed by atoms with Crippen molar-refractivity contribution >= 4 is 23.9 Å². The third-order valence-electron chi connectivity index (χ3n) is 4.78. The molecule has 0 bridgehead atoms. The lowest BCUT2D eigenvalue weighted by atomic mass is 10.1. The fourth-order valence-electron chi connectivity index (χ4n) is 3.15. The first-order valence-corrected chi connectivity index (χ1v) is 12.9. The van der Waals surface area contributed by atoms with Crippen molar-refractivity contribution in [1.29, 1.82) is 0 Å². The van der Waals surface area contributed by atoms with Gasteiger partial charge in [-0.1, -0.05) is 51.4 Å². The van der Waals surface area contributed by atoms with Gasteiger partial charge in [0.15, 0.2) is 0 Å². The first-order valence-electron chi connectivity index (χ1n) is 12.9. The molecule has 0 aliphatic carbocycles. The molecule has 0 amide bonds. The highest BCUT2D eigenvalue weighted by molar-refractivity contribution is 5.69. The van der Waals surface area contributed by atoms with E-state index in [9.17, 15) is 19.2 Å². The van der Waals surface area contributed by atoms with Crippen LogP contribution in [-0.2, 0) is 28.7 Å². The second-order valence-corrected chi connectivity index (χ2v) is 9.11. The van der Waals surface area contributed by atoms with E-state index >= 15 is 0 Å². The number of carboxylic acids is 2. The maximum Gasteiger partial charge on any atom is 0.306 e. The van der Waals surface area contributed by atoms with Crippen LogP contribution < -0.4 is 0 Å². The summed E-state index contributed by atoms with van der Waals surface area (Å²) < 4.78 is 10.1. The van der Waals surface area contributed by atoms with Gasteiger partial charge >= 0.3 is 23.9 Å². The van der Waals surface area contributed by atoms with Gasteiger partial charge in [0.2, 0.25) is 0 Å². The lowest BCUT2D eigenvalue weighted by Gasteiger charge is -2.08. The van der Waals surface area contributed by atoms with Crippen LogP contribution in [0, 0.1) is 0 Å². The maximum absolute atomic E-state index is 11.3. The Morgan fingerprint density at radius 1 is 0.471 bits per heavy atom. The predicted octanol–water partition coefficient (Wildman–Crippen LogP) is 6.29. The second kappa shape index (κ2) is 24.0. The number of carbonyl (C=O) groups is 4. The molecule has 0 aliphatic heterocycles. The molecule has 0 saturated carbocycles. The Balaban J connectivity index is 0. The van der Waals surface area contributed by atoms with E-state index in [1.807, 2.05) is 27.7 Å². The van der Waals surface area contributed by atoms with Crippen LogP contribution in [0.3, 0.4) is 0 Å². The molecule has 200 valence electrons. The molecule has 0 aliphatic rings. The minimum atomic E-state index is -0.740. The summed E-state index contributed by atoms with van der Waals surface area (Å²) in [6.07, 6.45) is 12.9. The van der Waals surface area contributed by atoms with Gasteiger partial charge in [-0.2, -0.15) is 0 Å². The van der Waals surface area contributed by atoms with Crippen LogP contribution in [-0.4, -0.2) is 46.3 Å². The Morgan fingerprint density at radius 3 is 0.941 bits per heavy atom. The molecule has 2 N–H and O–H groups in total. The van der Waals surface area contributed by atoms with Crippen molar-refractivity contribution in [3.8, 4) is 0 Å². The number of hydrogen-bond donors (Lipinski definition) is 2. The third kappa shape index (κ3) is 32.1. The normalized spacial score (nSPS) is 10.5. The lowest BCUT2D eigenvalue weighted by molar-refractivity contribution is -0.148. The minimum absolute atomic E-state index is 0.0203. The standard InChI is InChI=1S/C16H30O4.C10H18O4/c1-13(2)19-15(17)11-9-7-5-6-8-10-12-16(18)20-14(3)4;11-9(12)7-5-3-1-2-4-6-8-10(13)14/h13-14H,5-12H2,1-4H3;1-8H2,(H,11,12)(H,13,14). The predicted molar refractivity (Wildman–Crippen MR) is 132 cm³/mol. The third-order valence-corrected chi connectivity index (χ3v) is 4.78. The number of rotatable bonds is 20. The summed E-state index contributed by atoms with van der Waals surface area (Å²) in [4.78, 5) is 42.8. The van der Waals surface area contributed by atoms with E-state index in [2.05, 4.69) is 0 Å². The number of aliphatic carboxylic acids is 2. The van der Waals surface area contributed by atoms with Crippen LogP contribution in [0.2, 0.25) is 0 Å². The van der Waals surface area contributed by atoms with Gasteiger partial charge in [-0.25, -0.2) is 0 Å². The van der Waals surface area contributed by atoms with Gasteiger partial charge in [-0.05, 0) is 53.4 Å². The summed E-state index contributed by atoms with van der Waals surface area (Å²) in [7, 11) is 0. The highest BCUT2D eigenvalue weighted by Gasteiger charge is 2.06. The van der Waals surface area contributed by atoms with E-state index in [1.54, 1.807) is 0 Å². The van der Waals surface area contributed by atoms with Crippen molar-refractivity contribution < 1.29 is 38.9 Å². The van der Waals surface area contributed by atoms with E-state index in [0.717, 1.165) is 77.0 Å². The summed E-state index contributed by atoms with van der Waals surface area (Å²) in [6, 6.07) is 0. The van der Waals surface area contributed by atoms with Crippen LogP contribution in [0.5, 0.6) is 0 Å². The van der Waals surface area contributed by atoms with Crippen LogP contribution in [0.1, 0.15) is 130 Å². The smallest absolute Gasteiger partial charge is 0.306 e. The molecular formula is C26H48O8. The molecule has 0 unspecified atom stereocenters. The first-order chi connectivity index (χ1) is 16.0. The van der Waals surface area contributed by atoms with Crippen molar-refractivity contribution in [2.75, 3.05) is 0 Å². The zero-order valence-corrected chi connectivity index (χ0v) is 21.8. The molecule has 0 atom stereocenters. The SMILES string of the molecule is CC(C)OC(=O)CCCCCCCCC(=O)OC(C)C.O=C(O)CCCCCCCCC(=O)O. The van der Waals surface area contributed by atoms with Crippen molar-refractivity contribution in [3.05, 3.63) is 0 Å². The summed E-state index contributed by atoms with van der Waals surface area (Å²) in [5.41, 5.74) is 0. The molecule has 8 heteroatoms. The van der Waals surface area contributed by atoms with Crippen molar-refractivity contribution in [2.24, 2.45) is 0 Å². The lowest BCUT2D eigenvalue weighted by Crippen LogP contribution is -2.11. The summed E-state index contributed by atoms with van der Waals surface area (Å²) in [5.74, 6) is -1.68. The molecular weight excluding hydrogens is 440 g/mol. The molecule has 0 aromatic rings. The van der Waals surface area contributed by atoms with Gasteiger partial charge in [0.1, 0.15) is 0 Å². The monoisotopic (exact) mass is 488 g/mol. The number of esters is 2. The molecule has 0 radical (unpaired) electrons. The van der Waals surface area contributed by atoms with Crippen LogP contribution >= 0.6 is 0 Å². The van der Waals surface area contributed by atoms with Crippen molar-refractivity contribution in [2.45, 2.75) is 143 Å². The fourth-order valence-corrected chi connectivity index (χ4v) is 3.15. The van der Waals surface area contributed by atoms with Gasteiger partial charge < -0.3 is 19.7 Å². The molecule has 34 heavy (non-hydrogen) atoms. The molecule has 8 nitrogen and oxygen atoms in total. The molecule has 0 fully saturated rings. The molecule has 0 aromatic heterocycles. The topological polar surface area (TPSA) is 127 Å². The van der Waals surface area contributed by atoms with Crippen LogP contribution in [0.15, 0.2) is 0 Å². The van der Waals surface area contributed by atoms with Gasteiger partial charge in [0.05, 0.1) is 12.2 Å². The van der Waals surface area contributed by atoms with E-state index in [-0.39, 0.29) is 37.0 Å². The molecule has 0 spiro atoms. The van der Waals surface area contributed by atoms with E-state index in [1.165, 1.54) is 0 Å². The molecule has 0 saturated heterocycles. The van der Waals surface area contributed by atoms with E-state index in [4.69, 9.17) is 19.7 Å². The van der Waals surface area contributed by atoms with E-state index in [0.29, 0.717) is 12.8 Å². The Morgan fingerprint density at radius 2 is 0.706 bits per heavy atom. The summed E-state index contributed by atoms with van der Waals surface area (Å²) in [5, 5.41) is 16.7. The van der Waals surface area contributed by atoms with Gasteiger partial charge in [0, 0.05) is 25.7 Å². The number of carbonyl (C=O) groups excluding carboxylic acids is 2. The quantitative estimate of drug-likeness (QED) is 0.151. The number of ether oxygens (including phenoxy) is 2. The summed E-state index contributed by atoms with van der Waals surface area (Å²) in [6.45, 7) is 7.45. The highest BCUT2D eigenvalue weighted by atomic mass is 16.5. The Bertz CT molecular complexity index is 495. The largest absolute Gasteiger partial charge is 0.481 e. The zero-order valence-electron chi connectivity index (χ0n) is 21.8. The Kier molecular flexibility index (Phi) is 24.1. The number of unbranched alkanes of at least 4 members (excludes halogenated alkanes) is 10. The fraction of sp³-hybridized carbons (Fsp3) is 0.846. The van der Waals surface area contributed by atoms with Crippen molar-refractivity contribution in [3.63, 3.8) is 0 Å². The Hall–Kier alpha value is -2.12. The first kappa shape index (κ1) is 34.0. The summed E-state index contributed by atoms with van der Waals surface area (Å²) >= 11 is 0. The maximum atomic E-state index is 11.3. The number of hydrogen-bond acceptors (Lipinski definition) is 6. The average molecular weight is 489 g/mol. The van der Waals surface area contributed by atoms with Gasteiger partial charge in [-0.15, -0.1) is 0 Å². The van der Waals surface area contributed by atoms with Gasteiger partial charge in [-0.3, -0.25) is 19.2 Å². The van der Waals surface area contributed by atoms with Gasteiger partial charge in [0.25, 0.3) is 0 Å². The van der Waals surface area contributed by atoms with Crippen LogP contribution in [0.4, 0.5) is 0 Å². The van der Waals surface area contributed by atoms with Crippen molar-refractivity contribution in [1.82, 2.24) is 0 Å². The van der Waals surface area contributed by atoms with E-state index < -0.39 is 11.9 Å². The molecule has 0 heterocycles.